The van der Waals surface area contributed by atoms with Gasteiger partial charge >= 0.3 is 0 Å². The van der Waals surface area contributed by atoms with Gasteiger partial charge in [-0.15, -0.1) is 11.3 Å². The first-order valence-electron chi connectivity index (χ1n) is 6.61. The third kappa shape index (κ3) is 4.08. The predicted octanol–water partition coefficient (Wildman–Crippen LogP) is 4.04. The smallest absolute Gasteiger partial charge is 0.119 e. The molecule has 1 aromatic carbocycles. The zero-order valence-electron chi connectivity index (χ0n) is 11.7. The van der Waals surface area contributed by atoms with Crippen molar-refractivity contribution in [1.29, 1.82) is 0 Å². The summed E-state index contributed by atoms with van der Waals surface area (Å²) in [6.07, 6.45) is 0.982. The Bertz CT molecular complexity index is 493. The summed E-state index contributed by atoms with van der Waals surface area (Å²) in [5, 5.41) is 5.77. The molecule has 2 aromatic rings. The molecule has 19 heavy (non-hydrogen) atoms. The summed E-state index contributed by atoms with van der Waals surface area (Å²) in [5.41, 5.74) is 1.30. The van der Waals surface area contributed by atoms with Gasteiger partial charge in [0.05, 0.1) is 7.11 Å². The molecule has 2 rings (SSSR count). The lowest BCUT2D eigenvalue weighted by Crippen LogP contribution is -2.29. The van der Waals surface area contributed by atoms with E-state index in [0.29, 0.717) is 12.1 Å². The molecule has 0 aliphatic carbocycles. The van der Waals surface area contributed by atoms with Gasteiger partial charge in [0.2, 0.25) is 0 Å². The quantitative estimate of drug-likeness (QED) is 0.859. The molecule has 3 heteroatoms. The molecular formula is C16H21NOS. The van der Waals surface area contributed by atoms with E-state index in [1.54, 1.807) is 7.11 Å². The van der Waals surface area contributed by atoms with Gasteiger partial charge in [0.25, 0.3) is 0 Å². The Balaban J connectivity index is 2.15. The average Bonchev–Trinajstić information content (AvgIpc) is 2.91. The Morgan fingerprint density at radius 1 is 1.21 bits per heavy atom. The lowest BCUT2D eigenvalue weighted by Gasteiger charge is -2.20. The van der Waals surface area contributed by atoms with Crippen molar-refractivity contribution in [3.05, 3.63) is 52.2 Å². The van der Waals surface area contributed by atoms with Crippen LogP contribution in [0.25, 0.3) is 0 Å². The summed E-state index contributed by atoms with van der Waals surface area (Å²) in [6.45, 7) is 4.37. The minimum absolute atomic E-state index is 0.368. The summed E-state index contributed by atoms with van der Waals surface area (Å²) in [7, 11) is 1.71. The van der Waals surface area contributed by atoms with Crippen LogP contribution in [-0.2, 0) is 6.42 Å². The second kappa shape index (κ2) is 6.73. The van der Waals surface area contributed by atoms with Gasteiger partial charge in [-0.1, -0.05) is 32.0 Å². The van der Waals surface area contributed by atoms with Crippen molar-refractivity contribution in [3.63, 3.8) is 0 Å². The number of hydrogen-bond acceptors (Lipinski definition) is 3. The molecule has 0 spiro atoms. The minimum atomic E-state index is 0.368. The van der Waals surface area contributed by atoms with Gasteiger partial charge in [-0.3, -0.25) is 0 Å². The highest BCUT2D eigenvalue weighted by atomic mass is 32.1. The van der Waals surface area contributed by atoms with Crippen LogP contribution in [0, 0.1) is 0 Å². The van der Waals surface area contributed by atoms with E-state index in [0.717, 1.165) is 12.2 Å². The van der Waals surface area contributed by atoms with Crippen LogP contribution in [0.1, 0.15) is 30.3 Å². The zero-order chi connectivity index (χ0) is 13.7. The minimum Gasteiger partial charge on any atom is -0.497 e. The molecule has 102 valence electrons. The molecule has 0 bridgehead atoms. The van der Waals surface area contributed by atoms with Crippen LogP contribution in [0.5, 0.6) is 5.75 Å². The summed E-state index contributed by atoms with van der Waals surface area (Å²) in [5.74, 6) is 0.923. The molecule has 0 saturated heterocycles. The second-order valence-corrected chi connectivity index (χ2v) is 5.92. The van der Waals surface area contributed by atoms with E-state index in [-0.39, 0.29) is 0 Å². The number of hydrogen-bond donors (Lipinski definition) is 1. The standard InChI is InChI=1S/C16H21NOS/c1-12(2)17-15(16-8-5-9-19-16)11-13-6-4-7-14(10-13)18-3/h4-10,12,15,17H,11H2,1-3H3. The third-order valence-electron chi connectivity index (χ3n) is 3.00. The molecule has 1 aromatic heterocycles. The van der Waals surface area contributed by atoms with Crippen molar-refractivity contribution in [3.8, 4) is 5.75 Å². The van der Waals surface area contributed by atoms with Gasteiger partial charge in [-0.25, -0.2) is 0 Å². The lowest BCUT2D eigenvalue weighted by atomic mass is 10.0. The largest absolute Gasteiger partial charge is 0.497 e. The molecule has 0 radical (unpaired) electrons. The first kappa shape index (κ1) is 14.1. The lowest BCUT2D eigenvalue weighted by molar-refractivity contribution is 0.413. The highest BCUT2D eigenvalue weighted by Gasteiger charge is 2.14. The SMILES string of the molecule is COc1cccc(CC(NC(C)C)c2cccs2)c1. The maximum absolute atomic E-state index is 5.29. The zero-order valence-corrected chi connectivity index (χ0v) is 12.5. The van der Waals surface area contributed by atoms with E-state index in [4.69, 9.17) is 4.74 Å². The average molecular weight is 275 g/mol. The molecule has 0 fully saturated rings. The van der Waals surface area contributed by atoms with Gasteiger partial charge in [-0.05, 0) is 35.6 Å². The molecule has 2 nitrogen and oxygen atoms in total. The van der Waals surface area contributed by atoms with Gasteiger partial charge in [0, 0.05) is 17.0 Å². The van der Waals surface area contributed by atoms with E-state index in [1.165, 1.54) is 10.4 Å². The van der Waals surface area contributed by atoms with Crippen LogP contribution in [-0.4, -0.2) is 13.2 Å². The number of nitrogens with one attached hydrogen (secondary N) is 1. The van der Waals surface area contributed by atoms with Crippen molar-refractivity contribution in [1.82, 2.24) is 5.32 Å². The molecular weight excluding hydrogens is 254 g/mol. The Labute approximate surface area is 119 Å². The van der Waals surface area contributed by atoms with Crippen molar-refractivity contribution < 1.29 is 4.74 Å². The van der Waals surface area contributed by atoms with Crippen LogP contribution >= 0.6 is 11.3 Å². The van der Waals surface area contributed by atoms with Crippen LogP contribution in [0.15, 0.2) is 41.8 Å². The van der Waals surface area contributed by atoms with Gasteiger partial charge in [0.15, 0.2) is 0 Å². The fourth-order valence-corrected chi connectivity index (χ4v) is 2.96. The van der Waals surface area contributed by atoms with E-state index in [9.17, 15) is 0 Å². The van der Waals surface area contributed by atoms with E-state index < -0.39 is 0 Å². The highest BCUT2D eigenvalue weighted by Crippen LogP contribution is 2.25. The molecule has 1 N–H and O–H groups in total. The van der Waals surface area contributed by atoms with Gasteiger partial charge in [-0.2, -0.15) is 0 Å². The normalized spacial score (nSPS) is 12.6. The molecule has 0 aliphatic rings. The maximum atomic E-state index is 5.29. The Hall–Kier alpha value is -1.32. The monoisotopic (exact) mass is 275 g/mol. The molecule has 0 aliphatic heterocycles. The molecule has 1 atom stereocenters. The number of rotatable bonds is 6. The van der Waals surface area contributed by atoms with Crippen molar-refractivity contribution >= 4 is 11.3 Å². The first-order chi connectivity index (χ1) is 9.19. The highest BCUT2D eigenvalue weighted by molar-refractivity contribution is 7.10. The summed E-state index contributed by atoms with van der Waals surface area (Å²) in [4.78, 5) is 1.39. The Kier molecular flexibility index (Phi) is 5.00. The topological polar surface area (TPSA) is 21.3 Å². The number of thiophene rings is 1. The maximum Gasteiger partial charge on any atom is 0.119 e. The number of ether oxygens (including phenoxy) is 1. The third-order valence-corrected chi connectivity index (χ3v) is 3.98. The van der Waals surface area contributed by atoms with E-state index in [1.807, 2.05) is 17.4 Å². The molecule has 1 heterocycles. The summed E-state index contributed by atoms with van der Waals surface area (Å²) >= 11 is 1.81. The first-order valence-corrected chi connectivity index (χ1v) is 7.49. The van der Waals surface area contributed by atoms with Gasteiger partial charge < -0.3 is 10.1 Å². The van der Waals surface area contributed by atoms with Crippen molar-refractivity contribution in [2.24, 2.45) is 0 Å². The number of methoxy groups -OCH3 is 1. The van der Waals surface area contributed by atoms with Crippen LogP contribution in [0.4, 0.5) is 0 Å². The van der Waals surface area contributed by atoms with E-state index in [2.05, 4.69) is 54.9 Å². The number of benzene rings is 1. The fraction of sp³-hybridized carbons (Fsp3) is 0.375. The predicted molar refractivity (Wildman–Crippen MR) is 82.0 cm³/mol. The fourth-order valence-electron chi connectivity index (χ4n) is 2.17. The molecule has 0 saturated carbocycles. The Morgan fingerprint density at radius 2 is 2.05 bits per heavy atom. The summed E-state index contributed by atoms with van der Waals surface area (Å²) in [6, 6.07) is 13.5. The van der Waals surface area contributed by atoms with Crippen LogP contribution < -0.4 is 10.1 Å². The van der Waals surface area contributed by atoms with Crippen LogP contribution in [0.3, 0.4) is 0 Å². The second-order valence-electron chi connectivity index (χ2n) is 4.95. The van der Waals surface area contributed by atoms with Crippen molar-refractivity contribution in [2.45, 2.75) is 32.4 Å². The van der Waals surface area contributed by atoms with Crippen LogP contribution in [0.2, 0.25) is 0 Å². The molecule has 1 unspecified atom stereocenters. The molecule has 0 amide bonds. The van der Waals surface area contributed by atoms with E-state index >= 15 is 0 Å². The Morgan fingerprint density at radius 3 is 2.68 bits per heavy atom. The summed E-state index contributed by atoms with van der Waals surface area (Å²) < 4.78 is 5.29. The van der Waals surface area contributed by atoms with Crippen molar-refractivity contribution in [2.75, 3.05) is 7.11 Å². The van der Waals surface area contributed by atoms with Gasteiger partial charge in [0.1, 0.15) is 5.75 Å².